The summed E-state index contributed by atoms with van der Waals surface area (Å²) >= 11 is 0. The fourth-order valence-electron chi connectivity index (χ4n) is 9.83. The molecule has 0 fully saturated rings. The fourth-order valence-corrected chi connectivity index (χ4v) is 9.83. The molecule has 10 aromatic rings. The van der Waals surface area contributed by atoms with Gasteiger partial charge in [-0.25, -0.2) is 5.90 Å². The van der Waals surface area contributed by atoms with Gasteiger partial charge >= 0.3 is 0 Å². The first kappa shape index (κ1) is 29.6. The van der Waals surface area contributed by atoms with Gasteiger partial charge in [0, 0.05) is 33.0 Å². The van der Waals surface area contributed by atoms with E-state index in [2.05, 4.69) is 65.2 Å². The van der Waals surface area contributed by atoms with Gasteiger partial charge < -0.3 is 4.84 Å². The smallest absolute Gasteiger partial charge is 0.258 e. The number of rotatable bonds is 4. The summed E-state index contributed by atoms with van der Waals surface area (Å²) in [5.74, 6) is 4.07. The molecule has 0 radical (unpaired) electrons. The van der Waals surface area contributed by atoms with E-state index in [0.717, 1.165) is 92.1 Å². The minimum Gasteiger partial charge on any atom is -0.304 e. The van der Waals surface area contributed by atoms with Crippen molar-refractivity contribution in [2.24, 2.45) is 5.90 Å². The van der Waals surface area contributed by atoms with Crippen LogP contribution in [-0.2, 0) is 11.3 Å². The first-order valence-electron chi connectivity index (χ1n) is 17.8. The molecule has 0 aromatic heterocycles. The maximum absolute atomic E-state index is 13.0. The fraction of sp³-hybridized carbons (Fsp3) is 0.0435. The zero-order chi connectivity index (χ0) is 36.1. The second-order valence-corrected chi connectivity index (χ2v) is 14.4. The molecular formula is C46H25N3O5. The number of fused-ring (bicyclic) bond motifs is 4. The lowest BCUT2D eigenvalue weighted by molar-refractivity contribution is 0.0828. The lowest BCUT2D eigenvalue weighted by Crippen LogP contribution is -2.34. The Hall–Kier alpha value is -7.00. The van der Waals surface area contributed by atoms with Crippen LogP contribution in [0.25, 0.3) is 97.3 Å². The number of carbonyl (C=O) groups excluding carboxylic acids is 4. The van der Waals surface area contributed by atoms with E-state index in [1.165, 1.54) is 0 Å². The summed E-state index contributed by atoms with van der Waals surface area (Å²) in [6.07, 6.45) is 0.589. The molecule has 0 saturated heterocycles. The van der Waals surface area contributed by atoms with E-state index in [0.29, 0.717) is 46.1 Å². The van der Waals surface area contributed by atoms with Gasteiger partial charge in [0.05, 0.1) is 6.61 Å². The normalized spacial score (nSPS) is 14.3. The molecule has 0 saturated carbocycles. The third-order valence-electron chi connectivity index (χ3n) is 12.0. The van der Waals surface area contributed by atoms with Crippen LogP contribution in [0.3, 0.4) is 0 Å². The molecule has 2 aliphatic heterocycles. The Morgan fingerprint density at radius 1 is 0.370 bits per heavy atom. The molecular weight excluding hydrogens is 675 g/mol. The topological polar surface area (TPSA) is 128 Å². The number of nitrogens with one attached hydrogen (secondary N) is 2. The van der Waals surface area contributed by atoms with E-state index in [1.807, 2.05) is 48.5 Å². The largest absolute Gasteiger partial charge is 0.304 e. The average Bonchev–Trinajstić information content (AvgIpc) is 3.19. The van der Waals surface area contributed by atoms with E-state index in [4.69, 9.17) is 10.7 Å². The highest BCUT2D eigenvalue weighted by Gasteiger charge is 2.30. The Labute approximate surface area is 304 Å². The quantitative estimate of drug-likeness (QED) is 0.0731. The van der Waals surface area contributed by atoms with Gasteiger partial charge in [0.25, 0.3) is 23.6 Å². The van der Waals surface area contributed by atoms with Gasteiger partial charge in [-0.1, -0.05) is 78.9 Å². The lowest BCUT2D eigenvalue weighted by atomic mass is 9.81. The number of imide groups is 2. The Kier molecular flexibility index (Phi) is 5.53. The van der Waals surface area contributed by atoms with Crippen LogP contribution in [0.2, 0.25) is 0 Å². The van der Waals surface area contributed by atoms with Crippen LogP contribution >= 0.6 is 0 Å². The Morgan fingerprint density at radius 2 is 0.741 bits per heavy atom. The Balaban J connectivity index is 1.21. The third-order valence-corrected chi connectivity index (χ3v) is 12.0. The minimum absolute atomic E-state index is 0.337. The summed E-state index contributed by atoms with van der Waals surface area (Å²) in [7, 11) is 0. The molecule has 0 aliphatic carbocycles. The van der Waals surface area contributed by atoms with Crippen molar-refractivity contribution < 1.29 is 24.0 Å². The first-order valence-corrected chi connectivity index (χ1v) is 17.8. The summed E-state index contributed by atoms with van der Waals surface area (Å²) < 4.78 is 0. The van der Waals surface area contributed by atoms with Crippen molar-refractivity contribution in [2.45, 2.75) is 6.42 Å². The van der Waals surface area contributed by atoms with Crippen molar-refractivity contribution in [3.05, 3.63) is 131 Å². The molecule has 12 rings (SSSR count). The van der Waals surface area contributed by atoms with Crippen LogP contribution < -0.4 is 16.5 Å². The van der Waals surface area contributed by atoms with Crippen molar-refractivity contribution in [2.75, 3.05) is 6.61 Å². The molecule has 254 valence electrons. The van der Waals surface area contributed by atoms with Gasteiger partial charge in [-0.3, -0.25) is 29.8 Å². The Bertz CT molecular complexity index is 3320. The minimum atomic E-state index is -0.385. The van der Waals surface area contributed by atoms with Crippen LogP contribution in [0.15, 0.2) is 103 Å². The number of amides is 4. The molecule has 4 N–H and O–H groups in total. The molecule has 2 heterocycles. The van der Waals surface area contributed by atoms with Crippen molar-refractivity contribution >= 4 is 110 Å². The van der Waals surface area contributed by atoms with E-state index in [1.54, 1.807) is 0 Å². The van der Waals surface area contributed by atoms with E-state index in [-0.39, 0.29) is 23.6 Å². The van der Waals surface area contributed by atoms with Gasteiger partial charge in [-0.15, -0.1) is 0 Å². The molecule has 54 heavy (non-hydrogen) atoms. The predicted octanol–water partition coefficient (Wildman–Crippen LogP) is 8.65. The SMILES string of the molecule is NOCCc1ccc2c3ccc4c5c(ccc(c6ccc(-c7ccc8c9ccc%10c%11c(ccc(c%12cccc7c%128)c%119)C(=O)NC%10=O)c1c26)c53)C(=O)NC4=O. The standard InChI is InChI=1S/C46H25N3O5/c47-54-19-18-20-4-5-26-30-12-16-34-42-35(46(53)49-45(34)52)17-13-31(40(30)42)29-9-8-24(36(20)38(26)29)21-6-7-25-28-11-15-33-41-32(43(50)48-44(33)51)14-10-27(39(28)41)23-3-1-2-22(21)37(23)25/h1-17H,18-19,47H2,(H,48,50,51)(H,49,52,53). The summed E-state index contributed by atoms with van der Waals surface area (Å²) in [5.41, 5.74) is 5.23. The number of carbonyl (C=O) groups is 4. The predicted molar refractivity (Wildman–Crippen MR) is 212 cm³/mol. The Morgan fingerprint density at radius 3 is 1.22 bits per heavy atom. The van der Waals surface area contributed by atoms with Crippen molar-refractivity contribution in [1.29, 1.82) is 0 Å². The second kappa shape index (κ2) is 10.1. The van der Waals surface area contributed by atoms with Crippen LogP contribution in [0.4, 0.5) is 0 Å². The van der Waals surface area contributed by atoms with Crippen LogP contribution in [0, 0.1) is 0 Å². The first-order chi connectivity index (χ1) is 26.4. The zero-order valence-corrected chi connectivity index (χ0v) is 28.3. The van der Waals surface area contributed by atoms with Crippen LogP contribution in [-0.4, -0.2) is 30.2 Å². The molecule has 2 aliphatic rings. The highest BCUT2D eigenvalue weighted by molar-refractivity contribution is 6.41. The van der Waals surface area contributed by atoms with Crippen molar-refractivity contribution in [3.8, 4) is 11.1 Å². The van der Waals surface area contributed by atoms with Gasteiger partial charge in [0.2, 0.25) is 0 Å². The summed E-state index contributed by atoms with van der Waals surface area (Å²) in [6.45, 7) is 0.337. The highest BCUT2D eigenvalue weighted by atomic mass is 16.6. The van der Waals surface area contributed by atoms with Gasteiger partial charge in [0.1, 0.15) is 0 Å². The van der Waals surface area contributed by atoms with Crippen molar-refractivity contribution in [3.63, 3.8) is 0 Å². The average molecular weight is 700 g/mol. The summed E-state index contributed by atoms with van der Waals surface area (Å²) in [5, 5.41) is 20.7. The molecule has 4 amide bonds. The van der Waals surface area contributed by atoms with Crippen LogP contribution in [0.5, 0.6) is 0 Å². The monoisotopic (exact) mass is 699 g/mol. The third kappa shape index (κ3) is 3.49. The van der Waals surface area contributed by atoms with Gasteiger partial charge in [-0.05, 0) is 123 Å². The van der Waals surface area contributed by atoms with Crippen molar-refractivity contribution in [1.82, 2.24) is 10.6 Å². The second-order valence-electron chi connectivity index (χ2n) is 14.4. The number of benzene rings is 10. The maximum atomic E-state index is 13.0. The molecule has 0 atom stereocenters. The molecule has 0 bridgehead atoms. The summed E-state index contributed by atoms with van der Waals surface area (Å²) in [6, 6.07) is 34.6. The molecule has 0 unspecified atom stereocenters. The van der Waals surface area contributed by atoms with Gasteiger partial charge in [0.15, 0.2) is 0 Å². The zero-order valence-electron chi connectivity index (χ0n) is 28.3. The molecule has 8 heteroatoms. The molecule has 8 nitrogen and oxygen atoms in total. The highest BCUT2D eigenvalue weighted by Crippen LogP contribution is 2.49. The molecule has 0 spiro atoms. The van der Waals surface area contributed by atoms with E-state index >= 15 is 0 Å². The van der Waals surface area contributed by atoms with E-state index < -0.39 is 0 Å². The maximum Gasteiger partial charge on any atom is 0.258 e. The van der Waals surface area contributed by atoms with Gasteiger partial charge in [-0.2, -0.15) is 0 Å². The number of hydrogen-bond donors (Lipinski definition) is 3. The number of hydrogen-bond acceptors (Lipinski definition) is 6. The van der Waals surface area contributed by atoms with Crippen LogP contribution in [0.1, 0.15) is 47.0 Å². The number of nitrogens with two attached hydrogens (primary N) is 1. The molecule has 10 aromatic carbocycles. The summed E-state index contributed by atoms with van der Waals surface area (Å²) in [4.78, 5) is 57.0. The van der Waals surface area contributed by atoms with E-state index in [9.17, 15) is 19.2 Å². The lowest BCUT2D eigenvalue weighted by Gasteiger charge is -2.23.